The van der Waals surface area contributed by atoms with Crippen LogP contribution in [0, 0.1) is 0 Å². The first-order valence-electron chi connectivity index (χ1n) is 9.04. The van der Waals surface area contributed by atoms with Gasteiger partial charge in [0.15, 0.2) is 0 Å². The summed E-state index contributed by atoms with van der Waals surface area (Å²) in [5, 5.41) is 22.8. The Morgan fingerprint density at radius 1 is 0.690 bits per heavy atom. The van der Waals surface area contributed by atoms with Gasteiger partial charge in [-0.05, 0) is 48.9 Å². The van der Waals surface area contributed by atoms with Gasteiger partial charge in [0.1, 0.15) is 0 Å². The molecule has 2 N–H and O–H groups in total. The van der Waals surface area contributed by atoms with E-state index in [9.17, 15) is 19.8 Å². The molecule has 0 aliphatic rings. The average Bonchev–Trinajstić information content (AvgIpc) is 3.29. The molecule has 0 radical (unpaired) electrons. The van der Waals surface area contributed by atoms with E-state index in [1.807, 2.05) is 60.9 Å². The number of carbonyl (C=O) groups is 2. The Morgan fingerprint density at radius 2 is 1.07 bits per heavy atom. The van der Waals surface area contributed by atoms with Crippen molar-refractivity contribution < 1.29 is 19.8 Å². The van der Waals surface area contributed by atoms with Crippen LogP contribution in [0.15, 0.2) is 60.9 Å². The summed E-state index contributed by atoms with van der Waals surface area (Å²) in [5.41, 5.74) is 4.15. The van der Waals surface area contributed by atoms with Gasteiger partial charge in [0.25, 0.3) is 0 Å². The molecule has 0 aliphatic carbocycles. The molecule has 2 aromatic heterocycles. The SMILES string of the molecule is O=C([O-])CCc1c[nH]c2ccccc12.O=C([O-])CCc1c[nH]c2ccccc12.[Ca+2]. The summed E-state index contributed by atoms with van der Waals surface area (Å²) < 4.78 is 0. The van der Waals surface area contributed by atoms with Crippen LogP contribution < -0.4 is 10.2 Å². The smallest absolute Gasteiger partial charge is 0.550 e. The normalized spacial score (nSPS) is 10.2. The van der Waals surface area contributed by atoms with Gasteiger partial charge in [-0.25, -0.2) is 0 Å². The first-order valence-corrected chi connectivity index (χ1v) is 9.04. The molecule has 0 fully saturated rings. The van der Waals surface area contributed by atoms with Crippen molar-refractivity contribution in [3.63, 3.8) is 0 Å². The third-order valence-corrected chi connectivity index (χ3v) is 4.55. The number of fused-ring (bicyclic) bond motifs is 2. The quantitative estimate of drug-likeness (QED) is 0.462. The van der Waals surface area contributed by atoms with E-state index < -0.39 is 11.9 Å². The zero-order valence-corrected chi connectivity index (χ0v) is 18.2. The van der Waals surface area contributed by atoms with Crippen molar-refractivity contribution >= 4 is 71.5 Å². The molecule has 0 aliphatic heterocycles. The summed E-state index contributed by atoms with van der Waals surface area (Å²) in [4.78, 5) is 26.8. The minimum atomic E-state index is -1.00. The zero-order valence-electron chi connectivity index (χ0n) is 15.9. The maximum absolute atomic E-state index is 10.3. The summed E-state index contributed by atoms with van der Waals surface area (Å²) >= 11 is 0. The number of nitrogens with one attached hydrogen (secondary N) is 2. The predicted octanol–water partition coefficient (Wildman–Crippen LogP) is 1.32. The summed E-state index contributed by atoms with van der Waals surface area (Å²) in [6.07, 6.45) is 4.89. The minimum Gasteiger partial charge on any atom is -0.550 e. The molecular formula is C22H20CaN2O4. The molecule has 0 atom stereocenters. The van der Waals surface area contributed by atoms with Gasteiger partial charge in [-0.1, -0.05) is 36.4 Å². The average molecular weight is 416 g/mol. The molecule has 2 aromatic carbocycles. The van der Waals surface area contributed by atoms with Crippen LogP contribution in [0.2, 0.25) is 0 Å². The fourth-order valence-electron chi connectivity index (χ4n) is 3.15. The van der Waals surface area contributed by atoms with E-state index in [2.05, 4.69) is 9.97 Å². The van der Waals surface area contributed by atoms with E-state index >= 15 is 0 Å². The van der Waals surface area contributed by atoms with Crippen LogP contribution in [-0.2, 0) is 22.4 Å². The Bertz CT molecular complexity index is 1010. The van der Waals surface area contributed by atoms with Gasteiger partial charge in [0, 0.05) is 46.1 Å². The molecule has 0 saturated heterocycles. The number of para-hydroxylation sites is 2. The molecule has 0 spiro atoms. The maximum Gasteiger partial charge on any atom is 2.00 e. The molecule has 0 unspecified atom stereocenters. The second kappa shape index (κ2) is 11.0. The largest absolute Gasteiger partial charge is 2.00 e. The van der Waals surface area contributed by atoms with E-state index in [1.165, 1.54) is 0 Å². The molecule has 29 heavy (non-hydrogen) atoms. The van der Waals surface area contributed by atoms with Gasteiger partial charge in [-0.3, -0.25) is 0 Å². The van der Waals surface area contributed by atoms with Crippen LogP contribution >= 0.6 is 0 Å². The van der Waals surface area contributed by atoms with Gasteiger partial charge < -0.3 is 29.8 Å². The Morgan fingerprint density at radius 3 is 1.45 bits per heavy atom. The van der Waals surface area contributed by atoms with E-state index in [0.29, 0.717) is 12.8 Å². The number of benzene rings is 2. The van der Waals surface area contributed by atoms with Crippen molar-refractivity contribution in [3.05, 3.63) is 72.1 Å². The molecule has 7 heteroatoms. The first kappa shape index (κ1) is 23.0. The Hall–Kier alpha value is -2.28. The van der Waals surface area contributed by atoms with Crippen molar-refractivity contribution in [2.75, 3.05) is 0 Å². The monoisotopic (exact) mass is 416 g/mol. The van der Waals surface area contributed by atoms with Crippen LogP contribution in [0.1, 0.15) is 24.0 Å². The molecule has 2 heterocycles. The number of aromatic nitrogens is 2. The third kappa shape index (κ3) is 6.35. The fourth-order valence-corrected chi connectivity index (χ4v) is 3.15. The second-order valence-electron chi connectivity index (χ2n) is 6.46. The van der Waals surface area contributed by atoms with Crippen molar-refractivity contribution in [2.24, 2.45) is 0 Å². The van der Waals surface area contributed by atoms with E-state index in [-0.39, 0.29) is 50.6 Å². The van der Waals surface area contributed by atoms with E-state index in [1.54, 1.807) is 0 Å². The van der Waals surface area contributed by atoms with Crippen LogP contribution in [0.25, 0.3) is 21.8 Å². The standard InChI is InChI=1S/2C11H11NO2.Ca/c2*13-11(14)6-5-8-7-12-10-4-2-1-3-9(8)10;/h2*1-4,7,12H,5-6H2,(H,13,14);/q;;+2/p-2. The van der Waals surface area contributed by atoms with Crippen molar-refractivity contribution in [1.29, 1.82) is 0 Å². The number of aryl methyl sites for hydroxylation is 2. The first-order chi connectivity index (χ1) is 13.5. The number of carboxylic acids is 2. The fraction of sp³-hybridized carbons (Fsp3) is 0.182. The van der Waals surface area contributed by atoms with Crippen molar-refractivity contribution in [1.82, 2.24) is 9.97 Å². The number of carbonyl (C=O) groups excluding carboxylic acids is 2. The number of aromatic amines is 2. The molecule has 6 nitrogen and oxygen atoms in total. The predicted molar refractivity (Wildman–Crippen MR) is 109 cm³/mol. The molecular weight excluding hydrogens is 396 g/mol. The number of hydrogen-bond acceptors (Lipinski definition) is 4. The Labute approximate surface area is 197 Å². The van der Waals surface area contributed by atoms with E-state index in [4.69, 9.17) is 0 Å². The second-order valence-corrected chi connectivity index (χ2v) is 6.46. The summed E-state index contributed by atoms with van der Waals surface area (Å²) in [6.45, 7) is 0. The summed E-state index contributed by atoms with van der Waals surface area (Å²) in [5.74, 6) is -2.01. The number of H-pyrrole nitrogens is 2. The third-order valence-electron chi connectivity index (χ3n) is 4.55. The Balaban J connectivity index is 0.000000200. The van der Waals surface area contributed by atoms with Crippen molar-refractivity contribution in [2.45, 2.75) is 25.7 Å². The van der Waals surface area contributed by atoms with Crippen LogP contribution in [0.4, 0.5) is 0 Å². The van der Waals surface area contributed by atoms with Gasteiger partial charge >= 0.3 is 37.7 Å². The van der Waals surface area contributed by atoms with Crippen LogP contribution in [-0.4, -0.2) is 59.6 Å². The van der Waals surface area contributed by atoms with Crippen LogP contribution in [0.5, 0.6) is 0 Å². The molecule has 144 valence electrons. The topological polar surface area (TPSA) is 112 Å². The molecule has 0 saturated carbocycles. The van der Waals surface area contributed by atoms with Crippen LogP contribution in [0.3, 0.4) is 0 Å². The van der Waals surface area contributed by atoms with Gasteiger partial charge in [-0.15, -0.1) is 0 Å². The van der Waals surface area contributed by atoms with E-state index in [0.717, 1.165) is 32.9 Å². The number of carboxylic acid groups (broad SMARTS) is 2. The molecule has 4 aromatic rings. The van der Waals surface area contributed by atoms with Crippen molar-refractivity contribution in [3.8, 4) is 0 Å². The number of rotatable bonds is 6. The molecule has 0 bridgehead atoms. The number of aliphatic carboxylic acids is 2. The zero-order chi connectivity index (χ0) is 19.9. The minimum absolute atomic E-state index is 0. The summed E-state index contributed by atoms with van der Waals surface area (Å²) in [6, 6.07) is 15.7. The summed E-state index contributed by atoms with van der Waals surface area (Å²) in [7, 11) is 0. The molecule has 0 amide bonds. The molecule has 4 rings (SSSR count). The van der Waals surface area contributed by atoms with Gasteiger partial charge in [-0.2, -0.15) is 0 Å². The van der Waals surface area contributed by atoms with Gasteiger partial charge in [0.05, 0.1) is 0 Å². The maximum atomic E-state index is 10.3. The van der Waals surface area contributed by atoms with Gasteiger partial charge in [0.2, 0.25) is 0 Å². The Kier molecular flexibility index (Phi) is 8.76. The number of hydrogen-bond donors (Lipinski definition) is 2.